The summed E-state index contributed by atoms with van der Waals surface area (Å²) in [6.45, 7) is 0. The second-order valence-electron chi connectivity index (χ2n) is 4.36. The maximum Gasteiger partial charge on any atom is 0.326 e. The SMILES string of the molecule is NC(=O)CC[C@H](NC(=O)C(O)c1ccc(Cl)cc1)C(=O)O. The summed E-state index contributed by atoms with van der Waals surface area (Å²) in [5, 5.41) is 21.4. The van der Waals surface area contributed by atoms with Crippen molar-refractivity contribution in [2.75, 3.05) is 0 Å². The van der Waals surface area contributed by atoms with Gasteiger partial charge >= 0.3 is 5.97 Å². The number of hydrogen-bond donors (Lipinski definition) is 4. The Morgan fingerprint density at radius 1 is 1.24 bits per heavy atom. The van der Waals surface area contributed by atoms with Crippen LogP contribution in [0.25, 0.3) is 0 Å². The zero-order valence-corrected chi connectivity index (χ0v) is 11.7. The van der Waals surface area contributed by atoms with E-state index in [9.17, 15) is 19.5 Å². The molecule has 1 aromatic rings. The molecule has 21 heavy (non-hydrogen) atoms. The fraction of sp³-hybridized carbons (Fsp3) is 0.308. The smallest absolute Gasteiger partial charge is 0.326 e. The number of carboxylic acid groups (broad SMARTS) is 1. The molecular weight excluding hydrogens is 300 g/mol. The van der Waals surface area contributed by atoms with Crippen molar-refractivity contribution in [2.24, 2.45) is 5.73 Å². The van der Waals surface area contributed by atoms with Gasteiger partial charge in [0.25, 0.3) is 5.91 Å². The minimum Gasteiger partial charge on any atom is -0.480 e. The number of rotatable bonds is 7. The minimum absolute atomic E-state index is 0.149. The van der Waals surface area contributed by atoms with Gasteiger partial charge in [-0.1, -0.05) is 23.7 Å². The molecule has 0 aliphatic carbocycles. The van der Waals surface area contributed by atoms with Crippen LogP contribution in [-0.2, 0) is 14.4 Å². The minimum atomic E-state index is -1.53. The van der Waals surface area contributed by atoms with Crippen LogP contribution >= 0.6 is 11.6 Å². The van der Waals surface area contributed by atoms with Crippen LogP contribution in [0.3, 0.4) is 0 Å². The molecule has 114 valence electrons. The van der Waals surface area contributed by atoms with Crippen molar-refractivity contribution in [3.05, 3.63) is 34.9 Å². The second-order valence-corrected chi connectivity index (χ2v) is 4.79. The standard InChI is InChI=1S/C13H15ClN2O5/c14-8-3-1-7(2-4-8)11(18)12(19)16-9(13(20)21)5-6-10(15)17/h1-4,9,11,18H,5-6H2,(H2,15,17)(H,16,19)(H,20,21)/t9-,11?/m0/s1. The van der Waals surface area contributed by atoms with Gasteiger partial charge in [0.2, 0.25) is 5.91 Å². The van der Waals surface area contributed by atoms with Crippen LogP contribution in [0.1, 0.15) is 24.5 Å². The normalized spacial score (nSPS) is 13.2. The molecule has 0 fully saturated rings. The van der Waals surface area contributed by atoms with Crippen LogP contribution in [0.2, 0.25) is 5.02 Å². The Morgan fingerprint density at radius 3 is 2.29 bits per heavy atom. The predicted molar refractivity (Wildman–Crippen MR) is 74.4 cm³/mol. The van der Waals surface area contributed by atoms with Crippen molar-refractivity contribution >= 4 is 29.4 Å². The van der Waals surface area contributed by atoms with Gasteiger partial charge in [-0.25, -0.2) is 4.79 Å². The highest BCUT2D eigenvalue weighted by Gasteiger charge is 2.25. The third-order valence-corrected chi connectivity index (χ3v) is 2.98. The van der Waals surface area contributed by atoms with Gasteiger partial charge in [0.1, 0.15) is 6.04 Å². The predicted octanol–water partition coefficient (Wildman–Crippen LogP) is 0.208. The molecular formula is C13H15ClN2O5. The molecule has 0 radical (unpaired) electrons. The maximum absolute atomic E-state index is 11.8. The van der Waals surface area contributed by atoms with Crippen molar-refractivity contribution in [3.63, 3.8) is 0 Å². The van der Waals surface area contributed by atoms with E-state index in [1.54, 1.807) is 0 Å². The first-order valence-electron chi connectivity index (χ1n) is 6.06. The summed E-state index contributed by atoms with van der Waals surface area (Å²) in [6, 6.07) is 4.59. The third-order valence-electron chi connectivity index (χ3n) is 2.73. The summed E-state index contributed by atoms with van der Waals surface area (Å²) in [5.41, 5.74) is 5.20. The maximum atomic E-state index is 11.8. The van der Waals surface area contributed by atoms with Gasteiger partial charge in [-0.15, -0.1) is 0 Å². The highest BCUT2D eigenvalue weighted by Crippen LogP contribution is 2.17. The lowest BCUT2D eigenvalue weighted by molar-refractivity contribution is -0.143. The number of benzene rings is 1. The molecule has 0 bridgehead atoms. The number of aliphatic carboxylic acids is 1. The van der Waals surface area contributed by atoms with Gasteiger partial charge in [-0.05, 0) is 24.1 Å². The average Bonchev–Trinajstić information content (AvgIpc) is 2.42. The summed E-state index contributed by atoms with van der Waals surface area (Å²) in [6.07, 6.45) is -1.87. The molecule has 0 saturated heterocycles. The van der Waals surface area contributed by atoms with Crippen molar-refractivity contribution < 1.29 is 24.6 Å². The molecule has 0 spiro atoms. The van der Waals surface area contributed by atoms with Crippen LogP contribution in [0.5, 0.6) is 0 Å². The number of aliphatic hydroxyl groups is 1. The van der Waals surface area contributed by atoms with Crippen LogP contribution in [0.4, 0.5) is 0 Å². The first-order valence-corrected chi connectivity index (χ1v) is 6.44. The van der Waals surface area contributed by atoms with E-state index < -0.39 is 29.9 Å². The van der Waals surface area contributed by atoms with E-state index in [1.807, 2.05) is 0 Å². The highest BCUT2D eigenvalue weighted by molar-refractivity contribution is 6.30. The van der Waals surface area contributed by atoms with Crippen LogP contribution < -0.4 is 11.1 Å². The number of aliphatic hydroxyl groups excluding tert-OH is 1. The highest BCUT2D eigenvalue weighted by atomic mass is 35.5. The summed E-state index contributed by atoms with van der Waals surface area (Å²) >= 11 is 5.69. The zero-order valence-electron chi connectivity index (χ0n) is 11.0. The lowest BCUT2D eigenvalue weighted by Crippen LogP contribution is -2.43. The Labute approximate surface area is 125 Å². The van der Waals surface area contributed by atoms with Gasteiger partial charge in [0, 0.05) is 11.4 Å². The molecule has 1 aromatic carbocycles. The van der Waals surface area contributed by atoms with E-state index in [2.05, 4.69) is 5.32 Å². The lowest BCUT2D eigenvalue weighted by atomic mass is 10.1. The number of primary amides is 1. The van der Waals surface area contributed by atoms with E-state index >= 15 is 0 Å². The number of carbonyl (C=O) groups excluding carboxylic acids is 2. The van der Waals surface area contributed by atoms with Crippen LogP contribution in [-0.4, -0.2) is 34.0 Å². The monoisotopic (exact) mass is 314 g/mol. The first-order chi connectivity index (χ1) is 9.81. The largest absolute Gasteiger partial charge is 0.480 e. The molecule has 1 unspecified atom stereocenters. The van der Waals surface area contributed by atoms with Crippen molar-refractivity contribution in [1.82, 2.24) is 5.32 Å². The number of amides is 2. The second kappa shape index (κ2) is 7.61. The zero-order chi connectivity index (χ0) is 16.0. The van der Waals surface area contributed by atoms with Crippen LogP contribution in [0, 0.1) is 0 Å². The number of carboxylic acids is 1. The molecule has 7 nitrogen and oxygen atoms in total. The van der Waals surface area contributed by atoms with E-state index in [-0.39, 0.29) is 18.4 Å². The number of nitrogens with two attached hydrogens (primary N) is 1. The topological polar surface area (TPSA) is 130 Å². The van der Waals surface area contributed by atoms with Crippen molar-refractivity contribution in [3.8, 4) is 0 Å². The van der Waals surface area contributed by atoms with Gasteiger partial charge in [-0.3, -0.25) is 9.59 Å². The Kier molecular flexibility index (Phi) is 6.13. The molecule has 1 rings (SSSR count). The Balaban J connectivity index is 2.70. The molecule has 2 atom stereocenters. The number of nitrogens with one attached hydrogen (secondary N) is 1. The Bertz CT molecular complexity index is 532. The van der Waals surface area contributed by atoms with E-state index in [0.29, 0.717) is 5.02 Å². The molecule has 0 saturated carbocycles. The molecule has 0 aromatic heterocycles. The first kappa shape index (κ1) is 16.9. The fourth-order valence-corrected chi connectivity index (χ4v) is 1.72. The van der Waals surface area contributed by atoms with E-state index in [4.69, 9.17) is 22.4 Å². The van der Waals surface area contributed by atoms with E-state index in [0.717, 1.165) is 0 Å². The molecule has 0 aliphatic heterocycles. The van der Waals surface area contributed by atoms with E-state index in [1.165, 1.54) is 24.3 Å². The quantitative estimate of drug-likeness (QED) is 0.571. The van der Waals surface area contributed by atoms with Gasteiger partial charge in [0.05, 0.1) is 0 Å². The molecule has 0 aliphatic rings. The summed E-state index contributed by atoms with van der Waals surface area (Å²) in [5.74, 6) is -2.86. The van der Waals surface area contributed by atoms with Crippen molar-refractivity contribution in [2.45, 2.75) is 25.0 Å². The Hall–Kier alpha value is -2.12. The molecule has 2 amide bonds. The van der Waals surface area contributed by atoms with Gasteiger partial charge < -0.3 is 21.3 Å². The summed E-state index contributed by atoms with van der Waals surface area (Å²) in [7, 11) is 0. The number of carbonyl (C=O) groups is 3. The Morgan fingerprint density at radius 2 is 1.81 bits per heavy atom. The number of hydrogen-bond acceptors (Lipinski definition) is 4. The summed E-state index contributed by atoms with van der Waals surface area (Å²) < 4.78 is 0. The average molecular weight is 315 g/mol. The van der Waals surface area contributed by atoms with Gasteiger partial charge in [0.15, 0.2) is 6.10 Å². The third kappa shape index (κ3) is 5.41. The molecule has 0 heterocycles. The van der Waals surface area contributed by atoms with Crippen molar-refractivity contribution in [1.29, 1.82) is 0 Å². The van der Waals surface area contributed by atoms with Crippen LogP contribution in [0.15, 0.2) is 24.3 Å². The summed E-state index contributed by atoms with van der Waals surface area (Å²) in [4.78, 5) is 33.5. The number of halogens is 1. The molecule has 8 heteroatoms. The molecule has 5 N–H and O–H groups in total. The lowest BCUT2D eigenvalue weighted by Gasteiger charge is -2.17. The van der Waals surface area contributed by atoms with Gasteiger partial charge in [-0.2, -0.15) is 0 Å². The fourth-order valence-electron chi connectivity index (χ4n) is 1.59.